The number of hydrogen-bond acceptors (Lipinski definition) is 2. The SMILES string of the molecule is C=C1c2ccccc2C2Oc3cc(SC)ccc3C12. The van der Waals surface area contributed by atoms with Crippen molar-refractivity contribution in [3.05, 3.63) is 65.7 Å². The lowest BCUT2D eigenvalue weighted by Gasteiger charge is -2.10. The van der Waals surface area contributed by atoms with Crippen LogP contribution in [0.1, 0.15) is 28.7 Å². The average molecular weight is 266 g/mol. The molecule has 2 atom stereocenters. The van der Waals surface area contributed by atoms with Gasteiger partial charge in [-0.3, -0.25) is 0 Å². The molecule has 0 radical (unpaired) electrons. The molecule has 1 nitrogen and oxygen atoms in total. The van der Waals surface area contributed by atoms with Crippen molar-refractivity contribution in [2.24, 2.45) is 0 Å². The Morgan fingerprint density at radius 3 is 2.79 bits per heavy atom. The Kier molecular flexibility index (Phi) is 2.30. The van der Waals surface area contributed by atoms with Gasteiger partial charge in [-0.2, -0.15) is 0 Å². The van der Waals surface area contributed by atoms with Gasteiger partial charge in [0.15, 0.2) is 0 Å². The standard InChI is InChI=1S/C17H14OS/c1-10-12-5-3-4-6-13(12)17-16(10)14-8-7-11(19-2)9-15(14)18-17/h3-9,16-17H,1H2,2H3. The van der Waals surface area contributed by atoms with E-state index in [9.17, 15) is 0 Å². The van der Waals surface area contributed by atoms with Crippen molar-refractivity contribution >= 4 is 17.3 Å². The zero-order valence-electron chi connectivity index (χ0n) is 10.7. The number of benzene rings is 2. The summed E-state index contributed by atoms with van der Waals surface area (Å²) in [6.07, 6.45) is 2.21. The summed E-state index contributed by atoms with van der Waals surface area (Å²) >= 11 is 1.75. The van der Waals surface area contributed by atoms with Gasteiger partial charge in [0.25, 0.3) is 0 Å². The molecular formula is C17H14OS. The fourth-order valence-electron chi connectivity index (χ4n) is 3.19. The van der Waals surface area contributed by atoms with Gasteiger partial charge >= 0.3 is 0 Å². The smallest absolute Gasteiger partial charge is 0.135 e. The van der Waals surface area contributed by atoms with Crippen LogP contribution in [-0.2, 0) is 0 Å². The molecule has 2 unspecified atom stereocenters. The average Bonchev–Trinajstić information content (AvgIpc) is 2.95. The van der Waals surface area contributed by atoms with Crippen molar-refractivity contribution in [1.82, 2.24) is 0 Å². The largest absolute Gasteiger partial charge is 0.484 e. The first kappa shape index (κ1) is 11.2. The summed E-state index contributed by atoms with van der Waals surface area (Å²) in [4.78, 5) is 1.25. The fourth-order valence-corrected chi connectivity index (χ4v) is 3.62. The van der Waals surface area contributed by atoms with E-state index in [0.717, 1.165) is 5.75 Å². The molecule has 2 aromatic rings. The van der Waals surface area contributed by atoms with Gasteiger partial charge in [0.2, 0.25) is 0 Å². The monoisotopic (exact) mass is 266 g/mol. The van der Waals surface area contributed by atoms with E-state index in [4.69, 9.17) is 4.74 Å². The highest BCUT2D eigenvalue weighted by molar-refractivity contribution is 7.98. The maximum Gasteiger partial charge on any atom is 0.135 e. The minimum Gasteiger partial charge on any atom is -0.484 e. The molecule has 2 aromatic carbocycles. The minimum atomic E-state index is 0.121. The molecule has 0 saturated carbocycles. The lowest BCUT2D eigenvalue weighted by molar-refractivity contribution is 0.234. The maximum absolute atomic E-state index is 6.20. The van der Waals surface area contributed by atoms with Crippen LogP contribution in [0.4, 0.5) is 0 Å². The van der Waals surface area contributed by atoms with E-state index < -0.39 is 0 Å². The minimum absolute atomic E-state index is 0.121. The Bertz CT molecular complexity index is 689. The Hall–Kier alpha value is -1.67. The summed E-state index contributed by atoms with van der Waals surface area (Å²) in [6.45, 7) is 4.29. The van der Waals surface area contributed by atoms with Gasteiger partial charge in [0.1, 0.15) is 11.9 Å². The molecule has 0 amide bonds. The molecule has 0 N–H and O–H groups in total. The molecule has 1 aliphatic heterocycles. The molecule has 0 spiro atoms. The first-order valence-corrected chi connectivity index (χ1v) is 7.65. The summed E-state index contributed by atoms with van der Waals surface area (Å²) in [7, 11) is 0. The number of thioether (sulfide) groups is 1. The van der Waals surface area contributed by atoms with Gasteiger partial charge in [-0.1, -0.05) is 36.9 Å². The van der Waals surface area contributed by atoms with E-state index in [0.29, 0.717) is 5.92 Å². The predicted molar refractivity (Wildman–Crippen MR) is 79.8 cm³/mol. The van der Waals surface area contributed by atoms with Crippen molar-refractivity contribution in [1.29, 1.82) is 0 Å². The van der Waals surface area contributed by atoms with E-state index >= 15 is 0 Å². The van der Waals surface area contributed by atoms with Crippen LogP contribution in [0.25, 0.3) is 5.57 Å². The van der Waals surface area contributed by atoms with Crippen molar-refractivity contribution in [3.8, 4) is 5.75 Å². The van der Waals surface area contributed by atoms with E-state index in [-0.39, 0.29) is 6.10 Å². The highest BCUT2D eigenvalue weighted by Gasteiger charge is 2.43. The van der Waals surface area contributed by atoms with Gasteiger partial charge in [-0.15, -0.1) is 11.8 Å². The van der Waals surface area contributed by atoms with Crippen LogP contribution >= 0.6 is 11.8 Å². The molecule has 1 heterocycles. The molecule has 1 aliphatic carbocycles. The third-order valence-corrected chi connectivity index (χ3v) is 4.83. The van der Waals surface area contributed by atoms with Gasteiger partial charge in [0.05, 0.1) is 5.92 Å². The predicted octanol–water partition coefficient (Wildman–Crippen LogP) is 4.65. The van der Waals surface area contributed by atoms with Gasteiger partial charge in [-0.05, 0) is 29.5 Å². The Morgan fingerprint density at radius 2 is 1.95 bits per heavy atom. The van der Waals surface area contributed by atoms with E-state index in [1.165, 1.54) is 27.2 Å². The zero-order valence-corrected chi connectivity index (χ0v) is 11.5. The Balaban J connectivity index is 1.86. The van der Waals surface area contributed by atoms with Crippen molar-refractivity contribution in [3.63, 3.8) is 0 Å². The summed E-state index contributed by atoms with van der Waals surface area (Å²) in [5, 5.41) is 0. The molecule has 0 aromatic heterocycles. The second kappa shape index (κ2) is 3.91. The second-order valence-electron chi connectivity index (χ2n) is 5.03. The van der Waals surface area contributed by atoms with Crippen molar-refractivity contribution < 1.29 is 4.74 Å². The van der Waals surface area contributed by atoms with Crippen LogP contribution in [0.3, 0.4) is 0 Å². The van der Waals surface area contributed by atoms with Crippen LogP contribution in [0.2, 0.25) is 0 Å². The van der Waals surface area contributed by atoms with Crippen molar-refractivity contribution in [2.45, 2.75) is 16.9 Å². The van der Waals surface area contributed by atoms with E-state index in [1.807, 2.05) is 0 Å². The Morgan fingerprint density at radius 1 is 1.11 bits per heavy atom. The fraction of sp³-hybridized carbons (Fsp3) is 0.176. The molecule has 2 aliphatic rings. The summed E-state index contributed by atoms with van der Waals surface area (Å²) in [6, 6.07) is 15.0. The summed E-state index contributed by atoms with van der Waals surface area (Å²) in [5.74, 6) is 1.32. The van der Waals surface area contributed by atoms with E-state index in [1.54, 1.807) is 11.8 Å². The first-order valence-electron chi connectivity index (χ1n) is 6.42. The van der Waals surface area contributed by atoms with Crippen molar-refractivity contribution in [2.75, 3.05) is 6.26 Å². The maximum atomic E-state index is 6.20. The van der Waals surface area contributed by atoms with E-state index in [2.05, 4.69) is 55.3 Å². The molecule has 0 fully saturated rings. The molecule has 4 rings (SSSR count). The van der Waals surface area contributed by atoms with Crippen LogP contribution in [0, 0.1) is 0 Å². The lowest BCUT2D eigenvalue weighted by Crippen LogP contribution is -2.02. The van der Waals surface area contributed by atoms with Crippen LogP contribution < -0.4 is 4.74 Å². The number of rotatable bonds is 1. The topological polar surface area (TPSA) is 9.23 Å². The highest BCUT2D eigenvalue weighted by Crippen LogP contribution is 2.58. The molecule has 2 heteroatoms. The second-order valence-corrected chi connectivity index (χ2v) is 5.91. The third kappa shape index (κ3) is 1.44. The lowest BCUT2D eigenvalue weighted by atomic mass is 9.93. The normalized spacial score (nSPS) is 22.7. The zero-order chi connectivity index (χ0) is 13.0. The van der Waals surface area contributed by atoms with Crippen LogP contribution in [0.15, 0.2) is 53.9 Å². The van der Waals surface area contributed by atoms with Gasteiger partial charge in [-0.25, -0.2) is 0 Å². The molecule has 19 heavy (non-hydrogen) atoms. The van der Waals surface area contributed by atoms with Gasteiger partial charge in [0, 0.05) is 16.0 Å². The quantitative estimate of drug-likeness (QED) is 0.695. The van der Waals surface area contributed by atoms with Crippen LogP contribution in [0.5, 0.6) is 5.75 Å². The number of hydrogen-bond donors (Lipinski definition) is 0. The first-order chi connectivity index (χ1) is 9.29. The highest BCUT2D eigenvalue weighted by atomic mass is 32.2. The molecule has 0 saturated heterocycles. The van der Waals surface area contributed by atoms with Crippen LogP contribution in [-0.4, -0.2) is 6.26 Å². The third-order valence-electron chi connectivity index (χ3n) is 4.10. The number of ether oxygens (including phenoxy) is 1. The molecule has 94 valence electrons. The van der Waals surface area contributed by atoms with Gasteiger partial charge < -0.3 is 4.74 Å². The summed E-state index contributed by atoms with van der Waals surface area (Å²) < 4.78 is 6.20. The Labute approximate surface area is 117 Å². The molecular weight excluding hydrogens is 252 g/mol. The summed E-state index contributed by atoms with van der Waals surface area (Å²) in [5.41, 5.74) is 5.01. The molecule has 0 bridgehead atoms. The number of fused-ring (bicyclic) bond motifs is 5.